The lowest BCUT2D eigenvalue weighted by molar-refractivity contribution is 0.311. The van der Waals surface area contributed by atoms with Crippen LogP contribution in [0.5, 0.6) is 11.5 Å². The summed E-state index contributed by atoms with van der Waals surface area (Å²) < 4.78 is 10.7. The summed E-state index contributed by atoms with van der Waals surface area (Å²) in [6.07, 6.45) is 4.01. The fourth-order valence-corrected chi connectivity index (χ4v) is 1.75. The normalized spacial score (nSPS) is 10.8. The van der Waals surface area contributed by atoms with Gasteiger partial charge in [-0.25, -0.2) is 0 Å². The van der Waals surface area contributed by atoms with Gasteiger partial charge in [-0.15, -0.1) is 0 Å². The summed E-state index contributed by atoms with van der Waals surface area (Å²) in [6, 6.07) is 3.77. The van der Waals surface area contributed by atoms with E-state index in [2.05, 4.69) is 5.32 Å². The first-order valence-electron chi connectivity index (χ1n) is 5.54. The fourth-order valence-electron chi connectivity index (χ4n) is 1.46. The number of nitrogens with one attached hydrogen (secondary N) is 1. The number of ether oxygens (including phenoxy) is 2. The third-order valence-corrected chi connectivity index (χ3v) is 2.45. The summed E-state index contributed by atoms with van der Waals surface area (Å²) >= 11 is 6.13. The molecule has 0 saturated heterocycles. The molecule has 17 heavy (non-hydrogen) atoms. The molecule has 0 aliphatic carbocycles. The Morgan fingerprint density at radius 2 is 2.18 bits per heavy atom. The lowest BCUT2D eigenvalue weighted by Crippen LogP contribution is -2.03. The number of hydrogen-bond donors (Lipinski definition) is 1. The van der Waals surface area contributed by atoms with Gasteiger partial charge in [-0.3, -0.25) is 0 Å². The zero-order valence-electron chi connectivity index (χ0n) is 10.4. The van der Waals surface area contributed by atoms with E-state index in [0.717, 1.165) is 12.1 Å². The van der Waals surface area contributed by atoms with Crippen molar-refractivity contribution in [1.29, 1.82) is 0 Å². The molecule has 3 nitrogen and oxygen atoms in total. The molecule has 0 atom stereocenters. The summed E-state index contributed by atoms with van der Waals surface area (Å²) in [4.78, 5) is 0. The Kier molecular flexibility index (Phi) is 5.87. The van der Waals surface area contributed by atoms with Crippen molar-refractivity contribution in [1.82, 2.24) is 5.32 Å². The highest BCUT2D eigenvalue weighted by Crippen LogP contribution is 2.36. The Morgan fingerprint density at radius 3 is 2.76 bits per heavy atom. The maximum Gasteiger partial charge on any atom is 0.179 e. The molecular formula is C13H18ClNO2. The summed E-state index contributed by atoms with van der Waals surface area (Å²) in [7, 11) is 3.48. The van der Waals surface area contributed by atoms with Crippen molar-refractivity contribution < 1.29 is 9.47 Å². The first kappa shape index (κ1) is 13.9. The van der Waals surface area contributed by atoms with Crippen LogP contribution in [0.15, 0.2) is 18.2 Å². The highest BCUT2D eigenvalue weighted by molar-refractivity contribution is 6.32. The van der Waals surface area contributed by atoms with Gasteiger partial charge in [0.15, 0.2) is 11.5 Å². The largest absolute Gasteiger partial charge is 0.491 e. The highest BCUT2D eigenvalue weighted by atomic mass is 35.5. The number of benzene rings is 1. The highest BCUT2D eigenvalue weighted by Gasteiger charge is 2.10. The second-order valence-electron chi connectivity index (χ2n) is 3.43. The van der Waals surface area contributed by atoms with E-state index in [1.807, 2.05) is 38.3 Å². The van der Waals surface area contributed by atoms with Crippen molar-refractivity contribution in [3.63, 3.8) is 0 Å². The first-order valence-corrected chi connectivity index (χ1v) is 5.92. The molecule has 1 rings (SSSR count). The Morgan fingerprint density at radius 1 is 1.41 bits per heavy atom. The maximum atomic E-state index is 6.13. The minimum Gasteiger partial charge on any atom is -0.491 e. The minimum absolute atomic E-state index is 0.558. The number of methoxy groups -OCH3 is 1. The monoisotopic (exact) mass is 255 g/mol. The van der Waals surface area contributed by atoms with E-state index in [9.17, 15) is 0 Å². The molecule has 0 radical (unpaired) electrons. The van der Waals surface area contributed by atoms with Crippen LogP contribution in [0.25, 0.3) is 6.08 Å². The van der Waals surface area contributed by atoms with E-state index < -0.39 is 0 Å². The van der Waals surface area contributed by atoms with Crippen molar-refractivity contribution in [3.05, 3.63) is 28.8 Å². The molecule has 0 bridgehead atoms. The van der Waals surface area contributed by atoms with Gasteiger partial charge >= 0.3 is 0 Å². The van der Waals surface area contributed by atoms with Crippen LogP contribution in [0.1, 0.15) is 12.5 Å². The topological polar surface area (TPSA) is 30.5 Å². The molecule has 0 heterocycles. The van der Waals surface area contributed by atoms with Crippen LogP contribution >= 0.6 is 11.6 Å². The average molecular weight is 256 g/mol. The summed E-state index contributed by atoms with van der Waals surface area (Å²) in [5.74, 6) is 1.26. The molecule has 1 aromatic carbocycles. The molecule has 4 heteroatoms. The van der Waals surface area contributed by atoms with Crippen LogP contribution in [0, 0.1) is 0 Å². The second kappa shape index (κ2) is 7.20. The number of hydrogen-bond acceptors (Lipinski definition) is 3. The van der Waals surface area contributed by atoms with Crippen LogP contribution in [-0.2, 0) is 0 Å². The van der Waals surface area contributed by atoms with Gasteiger partial charge in [0.2, 0.25) is 0 Å². The van der Waals surface area contributed by atoms with E-state index >= 15 is 0 Å². The van der Waals surface area contributed by atoms with Gasteiger partial charge in [0.05, 0.1) is 18.7 Å². The van der Waals surface area contributed by atoms with Crippen LogP contribution in [0.4, 0.5) is 0 Å². The number of halogens is 1. The van der Waals surface area contributed by atoms with Crippen LogP contribution in [0.2, 0.25) is 5.02 Å². The summed E-state index contributed by atoms with van der Waals surface area (Å²) in [6.45, 7) is 3.32. The average Bonchev–Trinajstić information content (AvgIpc) is 2.30. The molecule has 0 fully saturated rings. The van der Waals surface area contributed by atoms with E-state index in [0.29, 0.717) is 23.1 Å². The van der Waals surface area contributed by atoms with Gasteiger partial charge in [0.1, 0.15) is 0 Å². The Hall–Kier alpha value is -1.19. The van der Waals surface area contributed by atoms with Gasteiger partial charge in [-0.2, -0.15) is 0 Å². The second-order valence-corrected chi connectivity index (χ2v) is 3.83. The summed E-state index contributed by atoms with van der Waals surface area (Å²) in [5.41, 5.74) is 0.995. The van der Waals surface area contributed by atoms with Crippen molar-refractivity contribution in [2.24, 2.45) is 0 Å². The first-order chi connectivity index (χ1) is 8.22. The van der Waals surface area contributed by atoms with Gasteiger partial charge in [0, 0.05) is 6.54 Å². The smallest absolute Gasteiger partial charge is 0.179 e. The van der Waals surface area contributed by atoms with Crippen molar-refractivity contribution in [2.75, 3.05) is 27.3 Å². The molecule has 1 aromatic rings. The zero-order valence-corrected chi connectivity index (χ0v) is 11.2. The Balaban J connectivity index is 3.01. The lowest BCUT2D eigenvalue weighted by Gasteiger charge is -2.11. The molecule has 0 aliphatic heterocycles. The SMILES string of the molecule is CCOc1cc(C=CCNC)cc(Cl)c1OC. The molecule has 0 unspecified atom stereocenters. The van der Waals surface area contributed by atoms with E-state index in [1.54, 1.807) is 7.11 Å². The molecule has 0 aliphatic rings. The van der Waals surface area contributed by atoms with Crippen LogP contribution in [-0.4, -0.2) is 27.3 Å². The predicted octanol–water partition coefficient (Wildman–Crippen LogP) is 2.98. The van der Waals surface area contributed by atoms with Crippen molar-refractivity contribution >= 4 is 17.7 Å². The number of likely N-dealkylation sites (N-methyl/N-ethyl adjacent to an activating group) is 1. The zero-order chi connectivity index (χ0) is 12.7. The molecule has 0 amide bonds. The van der Waals surface area contributed by atoms with Crippen molar-refractivity contribution in [3.8, 4) is 11.5 Å². The Bertz CT molecular complexity index is 391. The summed E-state index contributed by atoms with van der Waals surface area (Å²) in [5, 5.41) is 3.60. The third kappa shape index (κ3) is 3.95. The standard InChI is InChI=1S/C13H18ClNO2/c1-4-17-12-9-10(6-5-7-15-2)8-11(14)13(12)16-3/h5-6,8-9,15H,4,7H2,1-3H3. The van der Waals surface area contributed by atoms with Gasteiger partial charge in [0.25, 0.3) is 0 Å². The molecule has 0 spiro atoms. The van der Waals surface area contributed by atoms with Gasteiger partial charge < -0.3 is 14.8 Å². The van der Waals surface area contributed by atoms with Gasteiger partial charge in [-0.1, -0.05) is 23.8 Å². The molecule has 0 aromatic heterocycles. The van der Waals surface area contributed by atoms with Gasteiger partial charge in [-0.05, 0) is 31.7 Å². The minimum atomic E-state index is 0.558. The maximum absolute atomic E-state index is 6.13. The van der Waals surface area contributed by atoms with Crippen LogP contribution in [0.3, 0.4) is 0 Å². The van der Waals surface area contributed by atoms with E-state index in [4.69, 9.17) is 21.1 Å². The number of rotatable bonds is 6. The molecule has 1 N–H and O–H groups in total. The fraction of sp³-hybridized carbons (Fsp3) is 0.385. The molecule has 94 valence electrons. The van der Waals surface area contributed by atoms with Crippen LogP contribution < -0.4 is 14.8 Å². The van der Waals surface area contributed by atoms with E-state index in [-0.39, 0.29) is 0 Å². The third-order valence-electron chi connectivity index (χ3n) is 2.17. The quantitative estimate of drug-likeness (QED) is 0.848. The lowest BCUT2D eigenvalue weighted by atomic mass is 10.2. The van der Waals surface area contributed by atoms with E-state index in [1.165, 1.54) is 0 Å². The van der Waals surface area contributed by atoms with Crippen molar-refractivity contribution in [2.45, 2.75) is 6.92 Å². The molecule has 0 saturated carbocycles. The Labute approximate surface area is 107 Å². The predicted molar refractivity (Wildman–Crippen MR) is 72.1 cm³/mol. The molecular weight excluding hydrogens is 238 g/mol.